The van der Waals surface area contributed by atoms with Crippen molar-refractivity contribution in [3.8, 4) is 5.88 Å². The fourth-order valence-electron chi connectivity index (χ4n) is 3.44. The van der Waals surface area contributed by atoms with Gasteiger partial charge in [0.2, 0.25) is 12.2 Å². The van der Waals surface area contributed by atoms with Gasteiger partial charge in [-0.05, 0) is 0 Å². The number of nitrogens with zero attached hydrogens (tertiary/aromatic N) is 3. The summed E-state index contributed by atoms with van der Waals surface area (Å²) in [7, 11) is 2.41. The minimum atomic E-state index is -1.56. The maximum absolute atomic E-state index is 12.5. The van der Waals surface area contributed by atoms with Crippen LogP contribution in [0.15, 0.2) is 14.6 Å². The van der Waals surface area contributed by atoms with E-state index in [1.165, 1.54) is 14.1 Å². The third-order valence-electron chi connectivity index (χ3n) is 4.99. The highest BCUT2D eigenvalue weighted by Crippen LogP contribution is 2.30. The average molecular weight is 513 g/mol. The molecule has 1 saturated heterocycles. The SMILES string of the molecule is CC(=O)OC[C@H]1OC(OC(C)=O)[C@H](N=Cc2c(O)n(C)c(=O)n(C)c2=O)[C@@H](OC(C)=O)[C@H]1OC(C)=O. The Morgan fingerprint density at radius 1 is 0.917 bits per heavy atom. The van der Waals surface area contributed by atoms with Gasteiger partial charge in [-0.25, -0.2) is 4.79 Å². The molecule has 0 amide bonds. The van der Waals surface area contributed by atoms with Crippen LogP contribution in [0.5, 0.6) is 5.88 Å². The summed E-state index contributed by atoms with van der Waals surface area (Å²) in [6.45, 7) is 3.89. The van der Waals surface area contributed by atoms with E-state index in [0.717, 1.165) is 43.0 Å². The number of aromatic hydroxyl groups is 1. The lowest BCUT2D eigenvalue weighted by Gasteiger charge is -2.42. The van der Waals surface area contributed by atoms with Gasteiger partial charge >= 0.3 is 29.6 Å². The molecule has 1 aliphatic rings. The largest absolute Gasteiger partial charge is 0.494 e. The van der Waals surface area contributed by atoms with E-state index in [9.17, 15) is 33.9 Å². The Balaban J connectivity index is 2.64. The molecule has 0 radical (unpaired) electrons. The fraction of sp³-hybridized carbons (Fsp3) is 0.571. The Hall–Kier alpha value is -4.01. The van der Waals surface area contributed by atoms with Crippen molar-refractivity contribution in [3.05, 3.63) is 26.4 Å². The second-order valence-corrected chi connectivity index (χ2v) is 7.81. The molecule has 1 aromatic rings. The number of carbonyl (C=O) groups excluding carboxylic acids is 4. The van der Waals surface area contributed by atoms with E-state index in [1.807, 2.05) is 0 Å². The summed E-state index contributed by atoms with van der Waals surface area (Å²) in [6, 6.07) is -1.42. The molecule has 198 valence electrons. The lowest BCUT2D eigenvalue weighted by molar-refractivity contribution is -0.266. The number of rotatable bonds is 7. The zero-order valence-corrected chi connectivity index (χ0v) is 20.5. The van der Waals surface area contributed by atoms with Gasteiger partial charge in [0.25, 0.3) is 5.56 Å². The van der Waals surface area contributed by atoms with E-state index >= 15 is 0 Å². The van der Waals surface area contributed by atoms with Crippen LogP contribution >= 0.6 is 0 Å². The van der Waals surface area contributed by atoms with E-state index < -0.39 is 83.8 Å². The van der Waals surface area contributed by atoms with Crippen molar-refractivity contribution < 1.29 is 48.0 Å². The molecule has 0 aromatic carbocycles. The first-order valence-electron chi connectivity index (χ1n) is 10.6. The molecular weight excluding hydrogens is 486 g/mol. The van der Waals surface area contributed by atoms with Crippen LogP contribution in [0.3, 0.4) is 0 Å². The van der Waals surface area contributed by atoms with Crippen molar-refractivity contribution >= 4 is 30.1 Å². The first kappa shape index (κ1) is 28.2. The monoisotopic (exact) mass is 513 g/mol. The molecule has 2 rings (SSSR count). The predicted molar refractivity (Wildman–Crippen MR) is 118 cm³/mol. The van der Waals surface area contributed by atoms with Crippen LogP contribution < -0.4 is 11.2 Å². The van der Waals surface area contributed by atoms with Gasteiger partial charge in [0.1, 0.15) is 18.3 Å². The normalized spacial score (nSPS) is 23.7. The molecule has 0 saturated carbocycles. The number of hydrogen-bond donors (Lipinski definition) is 1. The van der Waals surface area contributed by atoms with Crippen LogP contribution in [0, 0.1) is 0 Å². The van der Waals surface area contributed by atoms with Gasteiger partial charge in [0.05, 0.1) is 0 Å². The van der Waals surface area contributed by atoms with Crippen molar-refractivity contribution in [1.29, 1.82) is 0 Å². The summed E-state index contributed by atoms with van der Waals surface area (Å²) in [6.07, 6.45) is -4.74. The molecule has 1 aromatic heterocycles. The van der Waals surface area contributed by atoms with Gasteiger partial charge in [-0.3, -0.25) is 38.1 Å². The third kappa shape index (κ3) is 6.56. The first-order chi connectivity index (χ1) is 16.7. The molecule has 5 atom stereocenters. The summed E-state index contributed by atoms with van der Waals surface area (Å²) < 4.78 is 28.0. The highest BCUT2D eigenvalue weighted by atomic mass is 16.7. The lowest BCUT2D eigenvalue weighted by Crippen LogP contribution is -2.61. The van der Waals surface area contributed by atoms with E-state index in [4.69, 9.17) is 23.7 Å². The molecule has 15 heteroatoms. The molecular formula is C21H27N3O12. The van der Waals surface area contributed by atoms with Gasteiger partial charge < -0.3 is 28.8 Å². The van der Waals surface area contributed by atoms with Gasteiger partial charge in [-0.15, -0.1) is 0 Å². The first-order valence-corrected chi connectivity index (χ1v) is 10.6. The van der Waals surface area contributed by atoms with Gasteiger partial charge in [-0.1, -0.05) is 0 Å². The van der Waals surface area contributed by atoms with Gasteiger partial charge in [-0.2, -0.15) is 0 Å². The highest BCUT2D eigenvalue weighted by molar-refractivity contribution is 5.82. The average Bonchev–Trinajstić information content (AvgIpc) is 2.77. The van der Waals surface area contributed by atoms with Crippen LogP contribution in [0.25, 0.3) is 0 Å². The molecule has 1 unspecified atom stereocenters. The van der Waals surface area contributed by atoms with Crippen molar-refractivity contribution in [1.82, 2.24) is 9.13 Å². The Morgan fingerprint density at radius 2 is 1.47 bits per heavy atom. The van der Waals surface area contributed by atoms with Crippen molar-refractivity contribution in [2.75, 3.05) is 6.61 Å². The Bertz CT molecular complexity index is 1180. The number of carbonyl (C=O) groups is 4. The Labute approximate surface area is 204 Å². The molecule has 15 nitrogen and oxygen atoms in total. The summed E-state index contributed by atoms with van der Waals surface area (Å²) in [5, 5.41) is 10.3. The van der Waals surface area contributed by atoms with Gasteiger partial charge in [0.15, 0.2) is 18.2 Å². The van der Waals surface area contributed by atoms with Gasteiger partial charge in [0, 0.05) is 48.0 Å². The molecule has 36 heavy (non-hydrogen) atoms. The van der Waals surface area contributed by atoms with E-state index in [1.54, 1.807) is 0 Å². The second-order valence-electron chi connectivity index (χ2n) is 7.81. The zero-order valence-electron chi connectivity index (χ0n) is 20.5. The fourth-order valence-corrected chi connectivity index (χ4v) is 3.44. The van der Waals surface area contributed by atoms with Crippen LogP contribution in [0.1, 0.15) is 33.3 Å². The molecule has 0 spiro atoms. The zero-order chi connectivity index (χ0) is 27.3. The molecule has 0 bridgehead atoms. The summed E-state index contributed by atoms with van der Waals surface area (Å²) in [4.78, 5) is 75.5. The van der Waals surface area contributed by atoms with Crippen molar-refractivity contribution in [2.45, 2.75) is 58.3 Å². The van der Waals surface area contributed by atoms with Crippen LogP contribution in [-0.2, 0) is 57.0 Å². The number of ether oxygens (including phenoxy) is 5. The van der Waals surface area contributed by atoms with E-state index in [0.29, 0.717) is 0 Å². The maximum atomic E-state index is 12.5. The van der Waals surface area contributed by atoms with E-state index in [2.05, 4.69) is 4.99 Å². The summed E-state index contributed by atoms with van der Waals surface area (Å²) in [5.74, 6) is -3.84. The second kappa shape index (κ2) is 11.6. The topological polar surface area (TPSA) is 191 Å². The predicted octanol–water partition coefficient (Wildman–Crippen LogP) is -1.71. The minimum absolute atomic E-state index is 0.408. The molecule has 1 aliphatic heterocycles. The third-order valence-corrected chi connectivity index (χ3v) is 4.99. The number of aromatic nitrogens is 2. The van der Waals surface area contributed by atoms with E-state index in [-0.39, 0.29) is 0 Å². The van der Waals surface area contributed by atoms with Crippen LogP contribution in [0.2, 0.25) is 0 Å². The Kier molecular flexibility index (Phi) is 9.11. The highest BCUT2D eigenvalue weighted by Gasteiger charge is 2.51. The summed E-state index contributed by atoms with van der Waals surface area (Å²) in [5.41, 5.74) is -2.10. The maximum Gasteiger partial charge on any atom is 0.333 e. The number of esters is 4. The molecule has 2 heterocycles. The van der Waals surface area contributed by atoms with Crippen LogP contribution in [-0.4, -0.2) is 81.6 Å². The van der Waals surface area contributed by atoms with Crippen LogP contribution in [0.4, 0.5) is 0 Å². The van der Waals surface area contributed by atoms with Crippen molar-refractivity contribution in [3.63, 3.8) is 0 Å². The Morgan fingerprint density at radius 3 is 2.00 bits per heavy atom. The lowest BCUT2D eigenvalue weighted by atomic mass is 9.96. The number of hydrogen-bond acceptors (Lipinski definition) is 13. The molecule has 1 N–H and O–H groups in total. The molecule has 0 aliphatic carbocycles. The minimum Gasteiger partial charge on any atom is -0.494 e. The smallest absolute Gasteiger partial charge is 0.333 e. The summed E-state index contributed by atoms with van der Waals surface area (Å²) >= 11 is 0. The molecule has 1 fully saturated rings. The standard InChI is InChI=1S/C21H27N3O12/c1-9(25)32-8-14-16(33-10(2)26)17(34-11(3)27)15(20(36-14)35-12(4)28)22-7-13-18(29)23(5)21(31)24(6)19(13)30/h7,14-17,20,29H,8H2,1-6H3/t14-,15-,16+,17-,20?/m1/s1. The number of aliphatic imine (C=N–C) groups is 1. The quantitative estimate of drug-likeness (QED) is 0.247. The van der Waals surface area contributed by atoms with Crippen molar-refractivity contribution in [2.24, 2.45) is 19.1 Å².